The lowest BCUT2D eigenvalue weighted by Crippen LogP contribution is -2.70. The molecule has 1 heterocycles. The van der Waals surface area contributed by atoms with E-state index in [9.17, 15) is 5.11 Å². The molecule has 7 heteroatoms. The molecule has 31 heavy (non-hydrogen) atoms. The van der Waals surface area contributed by atoms with E-state index in [1.807, 2.05) is 30.3 Å². The molecule has 0 fully saturated rings. The topological polar surface area (TPSA) is 50.9 Å². The number of benzene rings is 2. The van der Waals surface area contributed by atoms with E-state index in [0.717, 1.165) is 28.6 Å². The molecule has 0 saturated heterocycles. The molecule has 3 aromatic rings. The third-order valence-electron chi connectivity index (χ3n) is 7.45. The lowest BCUT2D eigenvalue weighted by atomic mass is 9.99. The Hall–Kier alpha value is -1.71. The van der Waals surface area contributed by atoms with E-state index in [4.69, 9.17) is 0 Å². The van der Waals surface area contributed by atoms with Crippen LogP contribution in [0.1, 0.15) is 18.1 Å². The quantitative estimate of drug-likeness (QED) is 0.400. The van der Waals surface area contributed by atoms with Gasteiger partial charge in [-0.3, -0.25) is 0 Å². The van der Waals surface area contributed by atoms with E-state index in [0.29, 0.717) is 17.4 Å². The van der Waals surface area contributed by atoms with Gasteiger partial charge in [0, 0.05) is 22.3 Å². The lowest BCUT2D eigenvalue weighted by molar-refractivity contribution is 0.455. The van der Waals surface area contributed by atoms with Gasteiger partial charge in [-0.1, -0.05) is 77.0 Å². The molecule has 2 aromatic carbocycles. The minimum absolute atomic E-state index is 0.321. The fourth-order valence-electron chi connectivity index (χ4n) is 4.99. The van der Waals surface area contributed by atoms with Gasteiger partial charge in [0.15, 0.2) is 0 Å². The first-order chi connectivity index (χ1) is 14.2. The third-order valence-corrected chi connectivity index (χ3v) is 50.2. The van der Waals surface area contributed by atoms with Gasteiger partial charge in [0.1, 0.15) is 22.5 Å². The second-order valence-corrected chi connectivity index (χ2v) is 40.8. The Bertz CT molecular complexity index is 1030. The predicted octanol–water partition coefficient (Wildman–Crippen LogP) is 6.52. The van der Waals surface area contributed by atoms with Crippen molar-refractivity contribution >= 4 is 33.3 Å². The van der Waals surface area contributed by atoms with E-state index in [2.05, 4.69) is 75.9 Å². The van der Waals surface area contributed by atoms with Crippen LogP contribution in [0.15, 0.2) is 36.4 Å². The number of fused-ring (bicyclic) bond motifs is 1. The minimum atomic E-state index is -1.33. The average molecular weight is 470 g/mol. The largest absolute Gasteiger partial charge is 0.505 e. The highest BCUT2D eigenvalue weighted by Crippen LogP contribution is 2.37. The summed E-state index contributed by atoms with van der Waals surface area (Å²) in [4.78, 5) is 1.59. The first-order valence-corrected chi connectivity index (χ1v) is 23.1. The molecule has 3 rings (SSSR count). The number of phenols is 1. The van der Waals surface area contributed by atoms with Crippen molar-refractivity contribution in [2.45, 2.75) is 72.1 Å². The molecule has 0 amide bonds. The standard InChI is InChI=1S/C24H39N3OSi3/c1-18-14-20(15-19(2)17-31(9,29(3,4)5)30(6,7)8)24(28)23(16-18)27-25-21-12-10-11-13-22(21)26-27/h10-14,16,19,28H,15,17H2,1-9H3. The molecule has 4 nitrogen and oxygen atoms in total. The molecule has 1 unspecified atom stereocenters. The summed E-state index contributed by atoms with van der Waals surface area (Å²) < 4.78 is 0. The van der Waals surface area contributed by atoms with E-state index in [1.165, 1.54) is 6.04 Å². The van der Waals surface area contributed by atoms with Gasteiger partial charge < -0.3 is 5.11 Å². The monoisotopic (exact) mass is 469 g/mol. The van der Waals surface area contributed by atoms with Crippen LogP contribution in [0, 0.1) is 12.8 Å². The SMILES string of the molecule is Cc1cc(CC(C)C[Si](C)([Si](C)(C)C)[Si](C)(C)C)c(O)c(-n2nc3ccccc3n2)c1. The van der Waals surface area contributed by atoms with E-state index in [1.54, 1.807) is 4.80 Å². The van der Waals surface area contributed by atoms with Gasteiger partial charge in [-0.25, -0.2) is 0 Å². The van der Waals surface area contributed by atoms with Crippen LogP contribution in [-0.2, 0) is 6.42 Å². The van der Waals surface area contributed by atoms with Crippen molar-refractivity contribution in [2.24, 2.45) is 5.92 Å². The number of phenolic OH excluding ortho intramolecular Hbond substituents is 1. The van der Waals surface area contributed by atoms with Crippen LogP contribution < -0.4 is 0 Å². The zero-order valence-corrected chi connectivity index (χ0v) is 23.7. The van der Waals surface area contributed by atoms with Crippen molar-refractivity contribution in [1.82, 2.24) is 15.0 Å². The summed E-state index contributed by atoms with van der Waals surface area (Å²) >= 11 is 0. The summed E-state index contributed by atoms with van der Waals surface area (Å²) in [6.07, 6.45) is 0.902. The summed E-state index contributed by atoms with van der Waals surface area (Å²) in [5, 5.41) is 20.4. The molecule has 1 N–H and O–H groups in total. The van der Waals surface area contributed by atoms with Crippen molar-refractivity contribution in [1.29, 1.82) is 0 Å². The first kappa shape index (κ1) is 23.9. The number of nitrogens with zero attached hydrogens (tertiary/aromatic N) is 3. The summed E-state index contributed by atoms with van der Waals surface area (Å²) in [5.74, 6) is 0.877. The van der Waals surface area contributed by atoms with Crippen LogP contribution in [0.5, 0.6) is 5.75 Å². The van der Waals surface area contributed by atoms with Gasteiger partial charge in [0.05, 0.1) is 0 Å². The lowest BCUT2D eigenvalue weighted by Gasteiger charge is -2.49. The van der Waals surface area contributed by atoms with E-state index < -0.39 is 22.3 Å². The molecule has 0 spiro atoms. The molecular formula is C24H39N3OSi3. The average Bonchev–Trinajstić information content (AvgIpc) is 3.06. The maximum absolute atomic E-state index is 11.2. The number of hydrogen-bond donors (Lipinski definition) is 1. The van der Waals surface area contributed by atoms with E-state index >= 15 is 0 Å². The highest BCUT2D eigenvalue weighted by molar-refractivity contribution is 7.68. The Balaban J connectivity index is 1.93. The maximum atomic E-state index is 11.2. The van der Waals surface area contributed by atoms with Crippen molar-refractivity contribution in [3.63, 3.8) is 0 Å². The van der Waals surface area contributed by atoms with Gasteiger partial charge in [0.2, 0.25) is 0 Å². The molecule has 0 saturated carbocycles. The Labute approximate surface area is 190 Å². The number of rotatable bonds is 7. The van der Waals surface area contributed by atoms with Crippen LogP contribution in [-0.4, -0.2) is 42.4 Å². The third kappa shape index (κ3) is 4.73. The fourth-order valence-corrected chi connectivity index (χ4v) is 42.8. The zero-order valence-electron chi connectivity index (χ0n) is 20.7. The molecule has 0 aliphatic heterocycles. The van der Waals surface area contributed by atoms with Gasteiger partial charge >= 0.3 is 0 Å². The maximum Gasteiger partial charge on any atom is 0.146 e. The molecular weight excluding hydrogens is 431 g/mol. The molecule has 0 bridgehead atoms. The van der Waals surface area contributed by atoms with E-state index in [-0.39, 0.29) is 0 Å². The molecule has 1 atom stereocenters. The Morgan fingerprint density at radius 3 is 1.90 bits per heavy atom. The van der Waals surface area contributed by atoms with Gasteiger partial charge in [0.25, 0.3) is 0 Å². The Kier molecular flexibility index (Phi) is 6.43. The van der Waals surface area contributed by atoms with Crippen molar-refractivity contribution < 1.29 is 5.11 Å². The molecule has 0 aliphatic carbocycles. The zero-order chi connectivity index (χ0) is 23.2. The summed E-state index contributed by atoms with van der Waals surface area (Å²) in [5.41, 5.74) is 4.50. The van der Waals surface area contributed by atoms with Crippen molar-refractivity contribution in [2.75, 3.05) is 0 Å². The normalized spacial score (nSPS) is 14.2. The van der Waals surface area contributed by atoms with Crippen LogP contribution in [0.3, 0.4) is 0 Å². The number of aryl methyl sites for hydroxylation is 1. The number of hydrogen-bond acceptors (Lipinski definition) is 3. The predicted molar refractivity (Wildman–Crippen MR) is 141 cm³/mol. The van der Waals surface area contributed by atoms with Crippen LogP contribution in [0.4, 0.5) is 0 Å². The second kappa shape index (κ2) is 8.33. The summed E-state index contributed by atoms with van der Waals surface area (Å²) in [6.45, 7) is 22.7. The van der Waals surface area contributed by atoms with Crippen molar-refractivity contribution in [3.05, 3.63) is 47.5 Å². The van der Waals surface area contributed by atoms with Crippen LogP contribution in [0.25, 0.3) is 16.7 Å². The summed E-state index contributed by atoms with van der Waals surface area (Å²) in [6, 6.07) is 13.3. The first-order valence-electron chi connectivity index (χ1n) is 11.4. The molecule has 0 aliphatic rings. The highest BCUT2D eigenvalue weighted by Gasteiger charge is 2.50. The van der Waals surface area contributed by atoms with Gasteiger partial charge in [-0.05, 0) is 48.6 Å². The molecule has 0 radical (unpaired) electrons. The number of aromatic nitrogens is 3. The fraction of sp³-hybridized carbons (Fsp3) is 0.500. The van der Waals surface area contributed by atoms with Gasteiger partial charge in [-0.15, -0.1) is 15.0 Å². The Morgan fingerprint density at radius 1 is 0.903 bits per heavy atom. The highest BCUT2D eigenvalue weighted by atomic mass is 29.6. The molecule has 168 valence electrons. The van der Waals surface area contributed by atoms with Gasteiger partial charge in [-0.2, -0.15) is 0 Å². The number of aromatic hydroxyl groups is 1. The minimum Gasteiger partial charge on any atom is -0.505 e. The molecule has 1 aromatic heterocycles. The summed E-state index contributed by atoms with van der Waals surface area (Å²) in [7, 11) is -3.77. The Morgan fingerprint density at radius 2 is 1.42 bits per heavy atom. The van der Waals surface area contributed by atoms with Crippen LogP contribution >= 0.6 is 0 Å². The van der Waals surface area contributed by atoms with Crippen molar-refractivity contribution in [3.8, 4) is 11.4 Å². The van der Waals surface area contributed by atoms with Crippen LogP contribution in [0.2, 0.25) is 51.9 Å². The smallest absolute Gasteiger partial charge is 0.146 e. The second-order valence-electron chi connectivity index (χ2n) is 11.6.